The summed E-state index contributed by atoms with van der Waals surface area (Å²) in [4.78, 5) is 20.9. The molecule has 0 saturated heterocycles. The van der Waals surface area contributed by atoms with Crippen LogP contribution in [0.5, 0.6) is 5.75 Å². The third kappa shape index (κ3) is 4.78. The van der Waals surface area contributed by atoms with Crippen molar-refractivity contribution in [1.82, 2.24) is 4.90 Å². The summed E-state index contributed by atoms with van der Waals surface area (Å²) in [6.07, 6.45) is 4.66. The first-order valence-electron chi connectivity index (χ1n) is 10.5. The Hall–Kier alpha value is -2.53. The highest BCUT2D eigenvalue weighted by molar-refractivity contribution is 6.34. The quantitative estimate of drug-likeness (QED) is 0.621. The summed E-state index contributed by atoms with van der Waals surface area (Å²) in [6.45, 7) is 1.04. The maximum atomic E-state index is 13.3. The highest BCUT2D eigenvalue weighted by Gasteiger charge is 2.32. The molecule has 2 aromatic carbocycles. The van der Waals surface area contributed by atoms with Crippen LogP contribution in [0.2, 0.25) is 5.02 Å². The second-order valence-corrected chi connectivity index (χ2v) is 8.41. The lowest BCUT2D eigenvalue weighted by atomic mass is 10.0. The van der Waals surface area contributed by atoms with Crippen LogP contribution < -0.4 is 4.74 Å². The van der Waals surface area contributed by atoms with Crippen molar-refractivity contribution >= 4 is 23.2 Å². The van der Waals surface area contributed by atoms with E-state index >= 15 is 0 Å². The van der Waals surface area contributed by atoms with Crippen molar-refractivity contribution in [2.45, 2.75) is 44.8 Å². The fourth-order valence-corrected chi connectivity index (χ4v) is 4.53. The SMILES string of the molecule is COc1cccc(CN(C[C@H]2CC(c3ccccc3Cl)=NO2)C(=O)C2CCCC2)c1. The van der Waals surface area contributed by atoms with E-state index in [9.17, 15) is 4.79 Å². The molecule has 1 heterocycles. The average molecular weight is 427 g/mol. The number of carbonyl (C=O) groups is 1. The average Bonchev–Trinajstić information content (AvgIpc) is 3.46. The Bertz CT molecular complexity index is 924. The van der Waals surface area contributed by atoms with Crippen molar-refractivity contribution < 1.29 is 14.4 Å². The van der Waals surface area contributed by atoms with Gasteiger partial charge < -0.3 is 14.5 Å². The van der Waals surface area contributed by atoms with Crippen molar-refractivity contribution in [2.75, 3.05) is 13.7 Å². The van der Waals surface area contributed by atoms with E-state index in [0.29, 0.717) is 24.5 Å². The molecule has 0 bridgehead atoms. The third-order valence-electron chi connectivity index (χ3n) is 5.87. The summed E-state index contributed by atoms with van der Waals surface area (Å²) >= 11 is 6.32. The van der Waals surface area contributed by atoms with Gasteiger partial charge in [-0.15, -0.1) is 0 Å². The summed E-state index contributed by atoms with van der Waals surface area (Å²) in [5, 5.41) is 4.93. The fourth-order valence-electron chi connectivity index (χ4n) is 4.28. The Kier molecular flexibility index (Phi) is 6.58. The molecule has 1 saturated carbocycles. The number of oxime groups is 1. The van der Waals surface area contributed by atoms with Crippen molar-refractivity contribution in [3.05, 3.63) is 64.7 Å². The van der Waals surface area contributed by atoms with E-state index in [4.69, 9.17) is 21.2 Å². The molecule has 1 atom stereocenters. The molecule has 158 valence electrons. The summed E-state index contributed by atoms with van der Waals surface area (Å²) in [7, 11) is 1.65. The summed E-state index contributed by atoms with van der Waals surface area (Å²) in [5.74, 6) is 1.12. The minimum atomic E-state index is -0.174. The molecular weight excluding hydrogens is 400 g/mol. The molecule has 2 aliphatic rings. The number of ether oxygens (including phenoxy) is 1. The molecule has 1 amide bonds. The van der Waals surface area contributed by atoms with Crippen LogP contribution in [0.3, 0.4) is 0 Å². The lowest BCUT2D eigenvalue weighted by Crippen LogP contribution is -2.40. The number of halogens is 1. The molecule has 6 heteroatoms. The van der Waals surface area contributed by atoms with E-state index in [1.807, 2.05) is 53.4 Å². The maximum absolute atomic E-state index is 13.3. The Morgan fingerprint density at radius 1 is 1.20 bits per heavy atom. The van der Waals surface area contributed by atoms with Gasteiger partial charge in [0.25, 0.3) is 0 Å². The number of rotatable bonds is 7. The van der Waals surface area contributed by atoms with Gasteiger partial charge >= 0.3 is 0 Å². The predicted molar refractivity (Wildman–Crippen MR) is 118 cm³/mol. The van der Waals surface area contributed by atoms with Gasteiger partial charge in [0.2, 0.25) is 5.91 Å². The molecule has 0 unspecified atom stereocenters. The van der Waals surface area contributed by atoms with Gasteiger partial charge in [-0.2, -0.15) is 0 Å². The van der Waals surface area contributed by atoms with Gasteiger partial charge in [-0.3, -0.25) is 4.79 Å². The molecule has 2 aromatic rings. The van der Waals surface area contributed by atoms with Gasteiger partial charge in [-0.05, 0) is 36.6 Å². The Morgan fingerprint density at radius 3 is 2.77 bits per heavy atom. The van der Waals surface area contributed by atoms with Crippen LogP contribution in [-0.4, -0.2) is 36.3 Å². The van der Waals surface area contributed by atoms with E-state index < -0.39 is 0 Å². The molecule has 0 spiro atoms. The molecule has 4 rings (SSSR count). The Morgan fingerprint density at radius 2 is 2.00 bits per heavy atom. The molecule has 5 nitrogen and oxygen atoms in total. The van der Waals surface area contributed by atoms with E-state index in [2.05, 4.69) is 5.16 Å². The number of hydrogen-bond acceptors (Lipinski definition) is 4. The monoisotopic (exact) mass is 426 g/mol. The molecule has 30 heavy (non-hydrogen) atoms. The number of methoxy groups -OCH3 is 1. The largest absolute Gasteiger partial charge is 0.497 e. The first-order chi connectivity index (χ1) is 14.6. The summed E-state index contributed by atoms with van der Waals surface area (Å²) < 4.78 is 5.35. The Balaban J connectivity index is 1.47. The molecule has 1 aliphatic carbocycles. The van der Waals surface area contributed by atoms with Gasteiger partial charge in [0.05, 0.1) is 19.4 Å². The van der Waals surface area contributed by atoms with Crippen LogP contribution in [0.1, 0.15) is 43.2 Å². The number of hydrogen-bond donors (Lipinski definition) is 0. The molecule has 0 aromatic heterocycles. The zero-order valence-electron chi connectivity index (χ0n) is 17.2. The molecule has 0 radical (unpaired) electrons. The van der Waals surface area contributed by atoms with Crippen molar-refractivity contribution in [3.63, 3.8) is 0 Å². The lowest BCUT2D eigenvalue weighted by Gasteiger charge is -2.27. The highest BCUT2D eigenvalue weighted by Crippen LogP contribution is 2.29. The van der Waals surface area contributed by atoms with Gasteiger partial charge in [0.1, 0.15) is 5.75 Å². The van der Waals surface area contributed by atoms with Gasteiger partial charge in [0.15, 0.2) is 6.10 Å². The number of benzene rings is 2. The maximum Gasteiger partial charge on any atom is 0.226 e. The Labute approximate surface area is 182 Å². The minimum Gasteiger partial charge on any atom is -0.497 e. The van der Waals surface area contributed by atoms with Crippen LogP contribution in [0, 0.1) is 5.92 Å². The molecular formula is C24H27ClN2O3. The van der Waals surface area contributed by atoms with Crippen LogP contribution in [-0.2, 0) is 16.2 Å². The van der Waals surface area contributed by atoms with E-state index in [1.165, 1.54) is 0 Å². The lowest BCUT2D eigenvalue weighted by molar-refractivity contribution is -0.137. The molecule has 1 aliphatic heterocycles. The summed E-state index contributed by atoms with van der Waals surface area (Å²) in [5.41, 5.74) is 2.77. The highest BCUT2D eigenvalue weighted by atomic mass is 35.5. The van der Waals surface area contributed by atoms with Gasteiger partial charge in [0, 0.05) is 29.5 Å². The standard InChI is InChI=1S/C24H27ClN2O3/c1-29-19-10-6-7-17(13-19)15-27(24(28)18-8-2-3-9-18)16-20-14-23(26-30-20)21-11-4-5-12-22(21)25/h4-7,10-13,18,20H,2-3,8-9,14-16H2,1H3/t20-/m1/s1. The third-order valence-corrected chi connectivity index (χ3v) is 6.20. The number of nitrogens with zero attached hydrogens (tertiary/aromatic N) is 2. The molecule has 0 N–H and O–H groups in total. The van der Waals surface area contributed by atoms with E-state index in [-0.39, 0.29) is 17.9 Å². The smallest absolute Gasteiger partial charge is 0.226 e. The second kappa shape index (κ2) is 9.52. The van der Waals surface area contributed by atoms with Gasteiger partial charge in [-0.25, -0.2) is 0 Å². The fraction of sp³-hybridized carbons (Fsp3) is 0.417. The van der Waals surface area contributed by atoms with Crippen molar-refractivity contribution in [3.8, 4) is 5.75 Å². The normalized spacial score (nSPS) is 18.7. The van der Waals surface area contributed by atoms with Crippen LogP contribution in [0.25, 0.3) is 0 Å². The van der Waals surface area contributed by atoms with E-state index in [0.717, 1.165) is 48.3 Å². The van der Waals surface area contributed by atoms with Gasteiger partial charge in [-0.1, -0.05) is 59.9 Å². The zero-order chi connectivity index (χ0) is 20.9. The van der Waals surface area contributed by atoms with Crippen LogP contribution >= 0.6 is 11.6 Å². The minimum absolute atomic E-state index is 0.112. The number of carbonyl (C=O) groups excluding carboxylic acids is 1. The topological polar surface area (TPSA) is 51.1 Å². The zero-order valence-corrected chi connectivity index (χ0v) is 18.0. The van der Waals surface area contributed by atoms with Crippen molar-refractivity contribution in [1.29, 1.82) is 0 Å². The first kappa shape index (κ1) is 20.7. The van der Waals surface area contributed by atoms with Crippen LogP contribution in [0.4, 0.5) is 0 Å². The van der Waals surface area contributed by atoms with E-state index in [1.54, 1.807) is 7.11 Å². The second-order valence-electron chi connectivity index (χ2n) is 8.00. The molecule has 1 fully saturated rings. The van der Waals surface area contributed by atoms with Crippen LogP contribution in [0.15, 0.2) is 53.7 Å². The predicted octanol–water partition coefficient (Wildman–Crippen LogP) is 5.06. The summed E-state index contributed by atoms with van der Waals surface area (Å²) in [6, 6.07) is 15.5. The number of amides is 1. The first-order valence-corrected chi connectivity index (χ1v) is 10.9. The van der Waals surface area contributed by atoms with Crippen molar-refractivity contribution in [2.24, 2.45) is 11.1 Å².